The van der Waals surface area contributed by atoms with Crippen LogP contribution >= 0.6 is 15.9 Å². The fraction of sp³-hybridized carbons (Fsp3) is 0.0769. The molecule has 0 N–H and O–H groups in total. The molecule has 152 valence electrons. The first-order chi connectivity index (χ1) is 15.1. The second-order valence-electron chi connectivity index (χ2n) is 7.28. The average Bonchev–Trinajstić information content (AvgIpc) is 3.16. The first kappa shape index (κ1) is 19.5. The van der Waals surface area contributed by atoms with E-state index >= 15 is 0 Å². The zero-order valence-electron chi connectivity index (χ0n) is 16.8. The molecule has 4 nitrogen and oxygen atoms in total. The molecule has 0 atom stereocenters. The molecule has 0 amide bonds. The third-order valence-corrected chi connectivity index (χ3v) is 6.04. The van der Waals surface area contributed by atoms with Crippen LogP contribution in [0, 0.1) is 0 Å². The van der Waals surface area contributed by atoms with E-state index in [2.05, 4.69) is 15.9 Å². The molecule has 0 bridgehead atoms. The Hall–Kier alpha value is -3.44. The van der Waals surface area contributed by atoms with Crippen molar-refractivity contribution in [3.05, 3.63) is 105 Å². The number of aryl methyl sites for hydroxylation is 1. The lowest BCUT2D eigenvalue weighted by Crippen LogP contribution is -2.10. The molecule has 5 aromatic rings. The summed E-state index contributed by atoms with van der Waals surface area (Å²) in [5.74, 6) is -0.132. The van der Waals surface area contributed by atoms with Gasteiger partial charge in [-0.05, 0) is 48.9 Å². The van der Waals surface area contributed by atoms with Crippen LogP contribution in [0.15, 0.2) is 92.5 Å². The monoisotopic (exact) mass is 471 g/mol. The topological polar surface area (TPSA) is 52.2 Å². The summed E-state index contributed by atoms with van der Waals surface area (Å²) in [5, 5.41) is 1.25. The smallest absolute Gasteiger partial charge is 0.346 e. The van der Waals surface area contributed by atoms with Gasteiger partial charge in [-0.15, -0.1) is 0 Å². The molecule has 31 heavy (non-hydrogen) atoms. The summed E-state index contributed by atoms with van der Waals surface area (Å²) in [4.78, 5) is 27.0. The quantitative estimate of drug-likeness (QED) is 0.224. The number of aromatic nitrogens is 1. The molecule has 0 unspecified atom stereocenters. The highest BCUT2D eigenvalue weighted by atomic mass is 79.9. The SMILES string of the molecule is CCn1c(C(=O)c2ccc(Br)cc2)c(-c2ccccc2)c2c(=O)oc3ccccc3c21. The van der Waals surface area contributed by atoms with Crippen molar-refractivity contribution in [2.24, 2.45) is 0 Å². The molecule has 0 aliphatic rings. The van der Waals surface area contributed by atoms with Gasteiger partial charge in [0.05, 0.1) is 16.6 Å². The number of rotatable bonds is 4. The average molecular weight is 472 g/mol. The van der Waals surface area contributed by atoms with Crippen LogP contribution in [0.25, 0.3) is 33.0 Å². The van der Waals surface area contributed by atoms with Crippen molar-refractivity contribution in [1.82, 2.24) is 4.57 Å². The number of nitrogens with zero attached hydrogens (tertiary/aromatic N) is 1. The minimum atomic E-state index is -0.440. The standard InChI is InChI=1S/C26H18BrNO3/c1-2-28-23-19-10-6-7-11-20(19)31-26(30)22(23)21(16-8-4-3-5-9-16)24(28)25(29)17-12-14-18(27)15-13-17/h3-15H,2H2,1H3. The van der Waals surface area contributed by atoms with Gasteiger partial charge in [-0.2, -0.15) is 0 Å². The van der Waals surface area contributed by atoms with Gasteiger partial charge in [0.25, 0.3) is 0 Å². The Bertz CT molecular complexity index is 1500. The largest absolute Gasteiger partial charge is 0.422 e. The van der Waals surface area contributed by atoms with Crippen LogP contribution in [0.2, 0.25) is 0 Å². The molecule has 2 aromatic heterocycles. The molecular formula is C26H18BrNO3. The predicted octanol–water partition coefficient (Wildman–Crippen LogP) is 6.43. The van der Waals surface area contributed by atoms with Gasteiger partial charge in [0.15, 0.2) is 0 Å². The summed E-state index contributed by atoms with van der Waals surface area (Å²) < 4.78 is 8.51. The van der Waals surface area contributed by atoms with Gasteiger partial charge >= 0.3 is 5.63 Å². The highest BCUT2D eigenvalue weighted by Gasteiger charge is 2.28. The highest BCUT2D eigenvalue weighted by Crippen LogP contribution is 2.37. The predicted molar refractivity (Wildman–Crippen MR) is 127 cm³/mol. The summed E-state index contributed by atoms with van der Waals surface area (Å²) >= 11 is 3.42. The third kappa shape index (κ3) is 3.13. The van der Waals surface area contributed by atoms with Crippen molar-refractivity contribution in [3.8, 4) is 11.1 Å². The first-order valence-corrected chi connectivity index (χ1v) is 10.8. The van der Waals surface area contributed by atoms with E-state index in [1.165, 1.54) is 0 Å². The van der Waals surface area contributed by atoms with Crippen LogP contribution in [-0.2, 0) is 6.54 Å². The van der Waals surface area contributed by atoms with Crippen molar-refractivity contribution >= 4 is 43.6 Å². The zero-order chi connectivity index (χ0) is 21.5. The van der Waals surface area contributed by atoms with Gasteiger partial charge in [0.1, 0.15) is 5.58 Å². The zero-order valence-corrected chi connectivity index (χ0v) is 18.3. The van der Waals surface area contributed by atoms with E-state index in [1.54, 1.807) is 18.2 Å². The number of para-hydroxylation sites is 1. The van der Waals surface area contributed by atoms with Crippen LogP contribution in [0.1, 0.15) is 23.0 Å². The Morgan fingerprint density at radius 2 is 1.61 bits per heavy atom. The number of benzene rings is 3. The summed E-state index contributed by atoms with van der Waals surface area (Å²) in [5.41, 5.74) is 3.28. The van der Waals surface area contributed by atoms with E-state index in [-0.39, 0.29) is 5.78 Å². The summed E-state index contributed by atoms with van der Waals surface area (Å²) in [6.07, 6.45) is 0. The minimum Gasteiger partial charge on any atom is -0.422 e. The first-order valence-electron chi connectivity index (χ1n) is 10.0. The Balaban J connectivity index is 1.97. The van der Waals surface area contributed by atoms with Gasteiger partial charge in [-0.25, -0.2) is 4.79 Å². The van der Waals surface area contributed by atoms with Crippen molar-refractivity contribution in [3.63, 3.8) is 0 Å². The molecule has 0 aliphatic heterocycles. The Morgan fingerprint density at radius 1 is 0.935 bits per heavy atom. The van der Waals surface area contributed by atoms with E-state index in [0.717, 1.165) is 20.9 Å². The highest BCUT2D eigenvalue weighted by molar-refractivity contribution is 9.10. The van der Waals surface area contributed by atoms with Crippen molar-refractivity contribution < 1.29 is 9.21 Å². The van der Waals surface area contributed by atoms with Crippen LogP contribution in [0.5, 0.6) is 0 Å². The molecule has 5 rings (SSSR count). The van der Waals surface area contributed by atoms with Gasteiger partial charge < -0.3 is 8.98 Å². The Labute approximate surface area is 186 Å². The van der Waals surface area contributed by atoms with Crippen LogP contribution < -0.4 is 5.63 Å². The fourth-order valence-corrected chi connectivity index (χ4v) is 4.44. The maximum atomic E-state index is 13.8. The maximum Gasteiger partial charge on any atom is 0.346 e. The minimum absolute atomic E-state index is 0.132. The number of hydrogen-bond acceptors (Lipinski definition) is 3. The molecule has 2 heterocycles. The third-order valence-electron chi connectivity index (χ3n) is 5.51. The van der Waals surface area contributed by atoms with E-state index in [1.807, 2.05) is 72.2 Å². The Morgan fingerprint density at radius 3 is 2.32 bits per heavy atom. The van der Waals surface area contributed by atoms with Crippen LogP contribution in [-0.4, -0.2) is 10.4 Å². The second-order valence-corrected chi connectivity index (χ2v) is 8.19. The van der Waals surface area contributed by atoms with E-state index in [4.69, 9.17) is 4.42 Å². The van der Waals surface area contributed by atoms with Gasteiger partial charge in [-0.3, -0.25) is 4.79 Å². The van der Waals surface area contributed by atoms with E-state index < -0.39 is 5.63 Å². The van der Waals surface area contributed by atoms with Crippen molar-refractivity contribution in [1.29, 1.82) is 0 Å². The number of halogens is 1. The number of carbonyl (C=O) groups is 1. The van der Waals surface area contributed by atoms with Crippen LogP contribution in [0.4, 0.5) is 0 Å². The molecule has 0 spiro atoms. The van der Waals surface area contributed by atoms with Gasteiger partial charge in [0.2, 0.25) is 5.78 Å². The number of hydrogen-bond donors (Lipinski definition) is 0. The molecule has 0 fully saturated rings. The second kappa shape index (κ2) is 7.67. The number of ketones is 1. The van der Waals surface area contributed by atoms with Gasteiger partial charge in [0, 0.05) is 27.5 Å². The lowest BCUT2D eigenvalue weighted by Gasteiger charge is -2.10. The normalized spacial score (nSPS) is 11.3. The molecule has 5 heteroatoms. The fourth-order valence-electron chi connectivity index (χ4n) is 4.18. The van der Waals surface area contributed by atoms with E-state index in [0.29, 0.717) is 34.3 Å². The molecule has 3 aromatic carbocycles. The number of fused-ring (bicyclic) bond motifs is 3. The van der Waals surface area contributed by atoms with Crippen LogP contribution in [0.3, 0.4) is 0 Å². The molecule has 0 aliphatic carbocycles. The molecule has 0 radical (unpaired) electrons. The van der Waals surface area contributed by atoms with E-state index in [9.17, 15) is 9.59 Å². The molecule has 0 saturated heterocycles. The lowest BCUT2D eigenvalue weighted by molar-refractivity contribution is 0.103. The molecule has 0 saturated carbocycles. The van der Waals surface area contributed by atoms with Crippen molar-refractivity contribution in [2.75, 3.05) is 0 Å². The Kier molecular flexibility index (Phi) is 4.83. The number of carbonyl (C=O) groups excluding carboxylic acids is 1. The van der Waals surface area contributed by atoms with Gasteiger partial charge in [-0.1, -0.05) is 58.4 Å². The summed E-state index contributed by atoms with van der Waals surface area (Å²) in [6, 6.07) is 24.3. The molecular weight excluding hydrogens is 454 g/mol. The lowest BCUT2D eigenvalue weighted by atomic mass is 9.98. The van der Waals surface area contributed by atoms with Crippen molar-refractivity contribution in [2.45, 2.75) is 13.5 Å². The maximum absolute atomic E-state index is 13.8. The summed E-state index contributed by atoms with van der Waals surface area (Å²) in [6.45, 7) is 2.52. The summed E-state index contributed by atoms with van der Waals surface area (Å²) in [7, 11) is 0.